The van der Waals surface area contributed by atoms with Gasteiger partial charge in [-0.25, -0.2) is 9.37 Å². The van der Waals surface area contributed by atoms with Crippen LogP contribution in [0.4, 0.5) is 10.1 Å². The molecule has 8 rings (SSSR count). The molecule has 1 aliphatic heterocycles. The second-order valence-electron chi connectivity index (χ2n) is 13.3. The van der Waals surface area contributed by atoms with Gasteiger partial charge in [-0.15, -0.1) is 0 Å². The van der Waals surface area contributed by atoms with E-state index in [0.717, 1.165) is 65.6 Å². The highest BCUT2D eigenvalue weighted by atomic mass is 19.1. The lowest BCUT2D eigenvalue weighted by Gasteiger charge is -2.20. The Labute approximate surface area is 283 Å². The number of nitrogens with one attached hydrogen (secondary N) is 3. The maximum atomic E-state index is 14.8. The molecule has 1 amide bonds. The summed E-state index contributed by atoms with van der Waals surface area (Å²) in [6, 6.07) is 12.6. The van der Waals surface area contributed by atoms with Crippen molar-refractivity contribution in [3.8, 4) is 39.5 Å². The maximum Gasteiger partial charge on any atom is 0.224 e. The van der Waals surface area contributed by atoms with Crippen molar-refractivity contribution in [1.82, 2.24) is 35.0 Å². The van der Waals surface area contributed by atoms with E-state index in [1.165, 1.54) is 44.2 Å². The molecule has 1 aromatic carbocycles. The summed E-state index contributed by atoms with van der Waals surface area (Å²) < 4.78 is 20.8. The second kappa shape index (κ2) is 13.8. The molecule has 0 atom stereocenters. The number of ether oxygens (including phenoxy) is 1. The number of hydrogen-bond acceptors (Lipinski definition) is 7. The molecular formula is C38H39FN8O2. The summed E-state index contributed by atoms with van der Waals surface area (Å²) in [6.45, 7) is 3.54. The average Bonchev–Trinajstić information content (AvgIpc) is 3.88. The van der Waals surface area contributed by atoms with E-state index >= 15 is 0 Å². The number of carbonyl (C=O) groups is 1. The number of fused-ring (bicyclic) bond motifs is 2. The molecule has 250 valence electrons. The standard InChI is InChI=1S/C38H39FN8O2/c39-27-15-25(17-29(18-27)49-13-12-47-10-4-5-11-47)30-8-9-41-38-31(30)19-34(44-38)37-32-20-33(42-23-35(32)45-46-37)26-16-28(22-40-21-26)43-36(48)14-24-6-2-1-3-7-24/h8-9,15-24H,1-7,10-14H2,(H,41,44)(H,43,48)(H,45,46). The quantitative estimate of drug-likeness (QED) is 0.137. The van der Waals surface area contributed by atoms with Gasteiger partial charge in [0.1, 0.15) is 29.5 Å². The highest BCUT2D eigenvalue weighted by Crippen LogP contribution is 2.36. The minimum atomic E-state index is -0.352. The van der Waals surface area contributed by atoms with Crippen molar-refractivity contribution >= 4 is 33.5 Å². The zero-order valence-electron chi connectivity index (χ0n) is 27.3. The summed E-state index contributed by atoms with van der Waals surface area (Å²) >= 11 is 0. The molecule has 1 saturated carbocycles. The summed E-state index contributed by atoms with van der Waals surface area (Å²) in [4.78, 5) is 32.2. The Hall–Kier alpha value is -5.16. The SMILES string of the molecule is O=C(CC1CCCCC1)Nc1cncc(-c2cc3c(-c4cc5c(-c6cc(F)cc(OCCN7CCCC7)c6)ccnc5[nH]4)n[nH]c3cn2)c1. The van der Waals surface area contributed by atoms with E-state index in [0.29, 0.717) is 53.0 Å². The van der Waals surface area contributed by atoms with E-state index in [1.54, 1.807) is 24.8 Å². The van der Waals surface area contributed by atoms with Crippen LogP contribution in [0.25, 0.3) is 55.7 Å². The smallest absolute Gasteiger partial charge is 0.224 e. The number of benzene rings is 1. The minimum Gasteiger partial charge on any atom is -0.492 e. The van der Waals surface area contributed by atoms with Crippen molar-refractivity contribution in [3.05, 3.63) is 73.1 Å². The lowest BCUT2D eigenvalue weighted by Crippen LogP contribution is -2.25. The Morgan fingerprint density at radius 1 is 0.939 bits per heavy atom. The van der Waals surface area contributed by atoms with E-state index in [-0.39, 0.29) is 11.7 Å². The molecule has 2 aliphatic rings. The lowest BCUT2D eigenvalue weighted by molar-refractivity contribution is -0.117. The lowest BCUT2D eigenvalue weighted by atomic mass is 9.87. The van der Waals surface area contributed by atoms with Gasteiger partial charge in [-0.2, -0.15) is 5.10 Å². The van der Waals surface area contributed by atoms with Gasteiger partial charge in [0.2, 0.25) is 5.91 Å². The number of nitrogens with zero attached hydrogens (tertiary/aromatic N) is 5. The van der Waals surface area contributed by atoms with E-state index in [4.69, 9.17) is 4.74 Å². The highest BCUT2D eigenvalue weighted by Gasteiger charge is 2.19. The van der Waals surface area contributed by atoms with E-state index < -0.39 is 0 Å². The number of H-pyrrole nitrogens is 2. The molecule has 0 bridgehead atoms. The first-order valence-electron chi connectivity index (χ1n) is 17.3. The van der Waals surface area contributed by atoms with Crippen LogP contribution in [-0.4, -0.2) is 67.2 Å². The third kappa shape index (κ3) is 6.89. The van der Waals surface area contributed by atoms with Crippen molar-refractivity contribution in [2.24, 2.45) is 5.92 Å². The first-order chi connectivity index (χ1) is 24.1. The average molecular weight is 659 g/mol. The Morgan fingerprint density at radius 3 is 2.69 bits per heavy atom. The third-order valence-electron chi connectivity index (χ3n) is 9.81. The molecule has 5 aromatic heterocycles. The molecule has 0 radical (unpaired) electrons. The number of likely N-dealkylation sites (tertiary alicyclic amines) is 1. The Kier molecular flexibility index (Phi) is 8.74. The van der Waals surface area contributed by atoms with Crippen molar-refractivity contribution in [1.29, 1.82) is 0 Å². The number of amides is 1. The number of pyridine rings is 3. The van der Waals surface area contributed by atoms with Crippen molar-refractivity contribution in [3.63, 3.8) is 0 Å². The topological polar surface area (TPSA) is 125 Å². The number of anilines is 1. The number of aromatic amines is 2. The highest BCUT2D eigenvalue weighted by molar-refractivity contribution is 6.00. The van der Waals surface area contributed by atoms with Gasteiger partial charge < -0.3 is 15.0 Å². The Bertz CT molecular complexity index is 2110. The third-order valence-corrected chi connectivity index (χ3v) is 9.81. The Morgan fingerprint density at radius 2 is 1.82 bits per heavy atom. The van der Waals surface area contributed by atoms with Crippen molar-refractivity contribution in [2.75, 3.05) is 31.6 Å². The summed E-state index contributed by atoms with van der Waals surface area (Å²) in [6.07, 6.45) is 15.8. The monoisotopic (exact) mass is 658 g/mol. The van der Waals surface area contributed by atoms with Crippen LogP contribution in [0.3, 0.4) is 0 Å². The molecule has 6 aromatic rings. The van der Waals surface area contributed by atoms with Crippen LogP contribution in [-0.2, 0) is 4.79 Å². The molecular weight excluding hydrogens is 619 g/mol. The van der Waals surface area contributed by atoms with Gasteiger partial charge in [-0.1, -0.05) is 19.3 Å². The van der Waals surface area contributed by atoms with Crippen LogP contribution in [0.5, 0.6) is 5.75 Å². The predicted octanol–water partition coefficient (Wildman–Crippen LogP) is 7.75. The minimum absolute atomic E-state index is 0.0256. The molecule has 2 fully saturated rings. The van der Waals surface area contributed by atoms with Crippen LogP contribution in [0.1, 0.15) is 51.4 Å². The molecule has 0 spiro atoms. The predicted molar refractivity (Wildman–Crippen MR) is 189 cm³/mol. The number of halogens is 1. The van der Waals surface area contributed by atoms with Crippen molar-refractivity contribution in [2.45, 2.75) is 51.4 Å². The van der Waals surface area contributed by atoms with Gasteiger partial charge in [0.15, 0.2) is 0 Å². The molecule has 0 unspecified atom stereocenters. The first kappa shape index (κ1) is 31.1. The largest absolute Gasteiger partial charge is 0.492 e. The zero-order chi connectivity index (χ0) is 33.2. The first-order valence-corrected chi connectivity index (χ1v) is 17.3. The summed E-state index contributed by atoms with van der Waals surface area (Å²) in [5, 5.41) is 12.5. The van der Waals surface area contributed by atoms with Crippen LogP contribution in [0.2, 0.25) is 0 Å². The van der Waals surface area contributed by atoms with Crippen LogP contribution >= 0.6 is 0 Å². The van der Waals surface area contributed by atoms with E-state index in [1.807, 2.05) is 30.3 Å². The van der Waals surface area contributed by atoms with Gasteiger partial charge in [-0.05, 0) is 92.2 Å². The molecule has 11 heteroatoms. The molecule has 1 saturated heterocycles. The summed E-state index contributed by atoms with van der Waals surface area (Å²) in [5.41, 5.74) is 6.61. The summed E-state index contributed by atoms with van der Waals surface area (Å²) in [5.74, 6) is 0.641. The fourth-order valence-corrected chi connectivity index (χ4v) is 7.30. The molecule has 10 nitrogen and oxygen atoms in total. The number of hydrogen-bond donors (Lipinski definition) is 3. The number of aromatic nitrogens is 6. The van der Waals surface area contributed by atoms with Crippen LogP contribution < -0.4 is 10.1 Å². The Balaban J connectivity index is 1.05. The van der Waals surface area contributed by atoms with Crippen molar-refractivity contribution < 1.29 is 13.9 Å². The fraction of sp³-hybridized carbons (Fsp3) is 0.342. The van der Waals surface area contributed by atoms with Gasteiger partial charge >= 0.3 is 0 Å². The normalized spacial score (nSPS) is 15.7. The van der Waals surface area contributed by atoms with Gasteiger partial charge in [-0.3, -0.25) is 24.8 Å². The van der Waals surface area contributed by atoms with E-state index in [2.05, 4.69) is 40.3 Å². The second-order valence-corrected chi connectivity index (χ2v) is 13.3. The van der Waals surface area contributed by atoms with Crippen LogP contribution in [0, 0.1) is 11.7 Å². The van der Waals surface area contributed by atoms with Gasteiger partial charge in [0.05, 0.1) is 35.0 Å². The molecule has 6 heterocycles. The summed E-state index contributed by atoms with van der Waals surface area (Å²) in [7, 11) is 0. The molecule has 49 heavy (non-hydrogen) atoms. The van der Waals surface area contributed by atoms with Gasteiger partial charge in [0.25, 0.3) is 0 Å². The zero-order valence-corrected chi connectivity index (χ0v) is 27.3. The molecule has 1 aliphatic carbocycles. The maximum absolute atomic E-state index is 14.8. The van der Waals surface area contributed by atoms with Gasteiger partial charge in [0, 0.05) is 47.8 Å². The number of carbonyl (C=O) groups excluding carboxylic acids is 1. The fourth-order valence-electron chi connectivity index (χ4n) is 7.30. The van der Waals surface area contributed by atoms with E-state index in [9.17, 15) is 9.18 Å². The number of rotatable bonds is 10. The van der Waals surface area contributed by atoms with Crippen LogP contribution in [0.15, 0.2) is 67.3 Å². The molecule has 3 N–H and O–H groups in total.